The van der Waals surface area contributed by atoms with E-state index in [4.69, 9.17) is 4.74 Å². The minimum atomic E-state index is -0.644. The van der Waals surface area contributed by atoms with Gasteiger partial charge in [0.2, 0.25) is 5.43 Å². The van der Waals surface area contributed by atoms with Crippen molar-refractivity contribution in [2.75, 3.05) is 37.7 Å². The number of rotatable bonds is 3. The molecule has 0 spiro atoms. The molecule has 8 heteroatoms. The number of esters is 1. The number of hydrogen-bond acceptors (Lipinski definition) is 6. The maximum absolute atomic E-state index is 14.8. The minimum Gasteiger partial charge on any atom is -0.462 e. The van der Waals surface area contributed by atoms with Crippen LogP contribution < -0.4 is 15.6 Å². The predicted molar refractivity (Wildman–Crippen MR) is 99.8 cm³/mol. The van der Waals surface area contributed by atoms with Crippen LogP contribution in [0.25, 0.3) is 10.9 Å². The normalized spacial score (nSPS) is 19.2. The number of nitrogens with zero attached hydrogens (tertiary/aromatic N) is 2. The first-order valence-electron chi connectivity index (χ1n) is 8.74. The van der Waals surface area contributed by atoms with Crippen molar-refractivity contribution in [1.82, 2.24) is 9.88 Å². The number of thioether (sulfide) groups is 1. The molecule has 2 aliphatic rings. The number of nitrogens with one attached hydrogen (secondary N) is 1. The minimum absolute atomic E-state index is 0.0109. The predicted octanol–water partition coefficient (Wildman–Crippen LogP) is 2.35. The van der Waals surface area contributed by atoms with Crippen molar-refractivity contribution in [3.05, 3.63) is 33.7 Å². The highest BCUT2D eigenvalue weighted by Gasteiger charge is 2.34. The Morgan fingerprint density at radius 1 is 1.38 bits per heavy atom. The Morgan fingerprint density at radius 2 is 2.12 bits per heavy atom. The number of anilines is 1. The van der Waals surface area contributed by atoms with Crippen molar-refractivity contribution in [1.29, 1.82) is 0 Å². The monoisotopic (exact) mass is 377 g/mol. The molecule has 26 heavy (non-hydrogen) atoms. The molecule has 138 valence electrons. The SMILES string of the molecule is CCOC(=O)c1c2n(c3cc(N4CCNCC4)c(F)cc3c1=O)C(C)S2. The Bertz CT molecular complexity index is 953. The van der Waals surface area contributed by atoms with Crippen molar-refractivity contribution >= 4 is 34.3 Å². The van der Waals surface area contributed by atoms with Crippen molar-refractivity contribution in [3.8, 4) is 0 Å². The average Bonchev–Trinajstić information content (AvgIpc) is 2.62. The summed E-state index contributed by atoms with van der Waals surface area (Å²) >= 11 is 1.45. The van der Waals surface area contributed by atoms with Gasteiger partial charge in [-0.15, -0.1) is 0 Å². The Balaban J connectivity index is 1.93. The van der Waals surface area contributed by atoms with E-state index < -0.39 is 17.2 Å². The molecule has 3 heterocycles. The summed E-state index contributed by atoms with van der Waals surface area (Å²) < 4.78 is 21.7. The van der Waals surface area contributed by atoms with E-state index in [9.17, 15) is 14.0 Å². The molecule has 1 aromatic heterocycles. The number of aromatic nitrogens is 1. The molecular weight excluding hydrogens is 357 g/mol. The second kappa shape index (κ2) is 6.59. The third-order valence-electron chi connectivity index (χ3n) is 4.81. The first-order valence-corrected chi connectivity index (χ1v) is 9.62. The molecule has 1 aromatic carbocycles. The molecule has 6 nitrogen and oxygen atoms in total. The van der Waals surface area contributed by atoms with Crippen LogP contribution in [-0.4, -0.2) is 43.3 Å². The fraction of sp³-hybridized carbons (Fsp3) is 0.444. The number of fused-ring (bicyclic) bond motifs is 3. The largest absolute Gasteiger partial charge is 0.462 e. The standard InChI is InChI=1S/C18H20FN3O3S/c1-3-25-18(24)15-16(23)11-8-12(19)14(21-6-4-20-5-7-21)9-13(11)22-10(2)26-17(15)22/h8-10,20H,3-7H2,1-2H3. The summed E-state index contributed by atoms with van der Waals surface area (Å²) in [6, 6.07) is 3.01. The van der Waals surface area contributed by atoms with Crippen molar-refractivity contribution in [3.63, 3.8) is 0 Å². The van der Waals surface area contributed by atoms with Gasteiger partial charge in [0.15, 0.2) is 0 Å². The summed E-state index contributed by atoms with van der Waals surface area (Å²) in [5.41, 5.74) is 0.715. The van der Waals surface area contributed by atoms with E-state index in [1.54, 1.807) is 13.0 Å². The van der Waals surface area contributed by atoms with Gasteiger partial charge >= 0.3 is 5.97 Å². The van der Waals surface area contributed by atoms with Gasteiger partial charge in [-0.1, -0.05) is 11.8 Å². The van der Waals surface area contributed by atoms with Crippen LogP contribution in [-0.2, 0) is 4.74 Å². The highest BCUT2D eigenvalue weighted by atomic mass is 32.2. The second-order valence-electron chi connectivity index (χ2n) is 6.37. The summed E-state index contributed by atoms with van der Waals surface area (Å²) in [6.07, 6.45) is 0. The molecule has 1 N–H and O–H groups in total. The highest BCUT2D eigenvalue weighted by molar-refractivity contribution is 8.00. The second-order valence-corrected chi connectivity index (χ2v) is 7.68. The molecule has 1 saturated heterocycles. The number of benzene rings is 1. The van der Waals surface area contributed by atoms with Crippen LogP contribution in [0.3, 0.4) is 0 Å². The number of piperazine rings is 1. The Hall–Kier alpha value is -2.06. The van der Waals surface area contributed by atoms with E-state index in [0.29, 0.717) is 29.3 Å². The Labute approximate surface area is 154 Å². The smallest absolute Gasteiger partial charge is 0.344 e. The van der Waals surface area contributed by atoms with Gasteiger partial charge in [-0.05, 0) is 26.0 Å². The first kappa shape index (κ1) is 17.4. The summed E-state index contributed by atoms with van der Waals surface area (Å²) in [5, 5.41) is 4.14. The lowest BCUT2D eigenvalue weighted by Gasteiger charge is -2.34. The molecule has 1 unspecified atom stereocenters. The highest BCUT2D eigenvalue weighted by Crippen LogP contribution is 2.46. The molecule has 2 aliphatic heterocycles. The number of hydrogen-bond donors (Lipinski definition) is 1. The molecule has 0 radical (unpaired) electrons. The van der Waals surface area contributed by atoms with E-state index in [1.165, 1.54) is 17.8 Å². The Morgan fingerprint density at radius 3 is 2.77 bits per heavy atom. The zero-order valence-electron chi connectivity index (χ0n) is 14.7. The van der Waals surface area contributed by atoms with Crippen LogP contribution in [0.1, 0.15) is 29.6 Å². The van der Waals surface area contributed by atoms with E-state index in [0.717, 1.165) is 13.1 Å². The maximum atomic E-state index is 14.8. The van der Waals surface area contributed by atoms with Crippen LogP contribution in [0.5, 0.6) is 0 Å². The zero-order chi connectivity index (χ0) is 18.4. The lowest BCUT2D eigenvalue weighted by Crippen LogP contribution is -2.44. The molecular formula is C18H20FN3O3S. The van der Waals surface area contributed by atoms with E-state index >= 15 is 0 Å². The van der Waals surface area contributed by atoms with Gasteiger partial charge < -0.3 is 19.5 Å². The summed E-state index contributed by atoms with van der Waals surface area (Å²) in [6.45, 7) is 6.89. The maximum Gasteiger partial charge on any atom is 0.344 e. The van der Waals surface area contributed by atoms with Crippen LogP contribution in [0, 0.1) is 5.82 Å². The first-order chi connectivity index (χ1) is 12.5. The number of carbonyl (C=O) groups excluding carboxylic acids is 1. The third kappa shape index (κ3) is 2.59. The van der Waals surface area contributed by atoms with Gasteiger partial charge in [-0.3, -0.25) is 4.79 Å². The molecule has 1 fully saturated rings. The van der Waals surface area contributed by atoms with Gasteiger partial charge in [0.1, 0.15) is 11.4 Å². The molecule has 1 atom stereocenters. The average molecular weight is 377 g/mol. The van der Waals surface area contributed by atoms with Gasteiger partial charge in [-0.25, -0.2) is 9.18 Å². The fourth-order valence-corrected chi connectivity index (χ4v) is 4.72. The quantitative estimate of drug-likeness (QED) is 0.829. The van der Waals surface area contributed by atoms with Gasteiger partial charge in [-0.2, -0.15) is 0 Å². The van der Waals surface area contributed by atoms with Crippen molar-refractivity contribution < 1.29 is 13.9 Å². The molecule has 0 aliphatic carbocycles. The summed E-state index contributed by atoms with van der Waals surface area (Å²) in [4.78, 5) is 27.1. The van der Waals surface area contributed by atoms with Crippen molar-refractivity contribution in [2.45, 2.75) is 24.2 Å². The summed E-state index contributed by atoms with van der Waals surface area (Å²) in [5.74, 6) is -1.08. The zero-order valence-corrected chi connectivity index (χ0v) is 15.5. The van der Waals surface area contributed by atoms with Crippen LogP contribution >= 0.6 is 11.8 Å². The fourth-order valence-electron chi connectivity index (χ4n) is 3.57. The van der Waals surface area contributed by atoms with E-state index in [-0.39, 0.29) is 22.9 Å². The molecule has 2 aromatic rings. The third-order valence-corrected chi connectivity index (χ3v) is 5.99. The summed E-state index contributed by atoms with van der Waals surface area (Å²) in [7, 11) is 0. The molecule has 4 rings (SSSR count). The van der Waals surface area contributed by atoms with Gasteiger partial charge in [0.05, 0.1) is 28.2 Å². The van der Waals surface area contributed by atoms with Crippen molar-refractivity contribution in [2.24, 2.45) is 0 Å². The van der Waals surface area contributed by atoms with Crippen LogP contribution in [0.4, 0.5) is 10.1 Å². The van der Waals surface area contributed by atoms with E-state index in [2.05, 4.69) is 5.32 Å². The van der Waals surface area contributed by atoms with Gasteiger partial charge in [0, 0.05) is 31.6 Å². The molecule has 0 bridgehead atoms. The number of carbonyl (C=O) groups is 1. The topological polar surface area (TPSA) is 63.6 Å². The number of halogens is 1. The van der Waals surface area contributed by atoms with Crippen LogP contribution in [0.2, 0.25) is 0 Å². The molecule has 0 amide bonds. The van der Waals surface area contributed by atoms with Gasteiger partial charge in [0.25, 0.3) is 0 Å². The molecule has 0 saturated carbocycles. The lowest BCUT2D eigenvalue weighted by atomic mass is 10.1. The Kier molecular flexibility index (Phi) is 4.40. The number of ether oxygens (including phenoxy) is 1. The van der Waals surface area contributed by atoms with Crippen LogP contribution in [0.15, 0.2) is 22.0 Å². The number of pyridine rings is 1. The van der Waals surface area contributed by atoms with E-state index in [1.807, 2.05) is 16.4 Å². The lowest BCUT2D eigenvalue weighted by molar-refractivity contribution is 0.0518.